The lowest BCUT2D eigenvalue weighted by atomic mass is 10.4. The molecule has 1 rings (SSSR count). The third kappa shape index (κ3) is 4.08. The molecule has 0 saturated carbocycles. The van der Waals surface area contributed by atoms with Crippen LogP contribution in [0.15, 0.2) is 32.0 Å². The van der Waals surface area contributed by atoms with E-state index in [2.05, 4.69) is 31.9 Å². The molecule has 0 aromatic heterocycles. The van der Waals surface area contributed by atoms with Crippen LogP contribution in [0.3, 0.4) is 0 Å². The first-order valence-electron chi connectivity index (χ1n) is 5.00. The zero-order valence-electron chi connectivity index (χ0n) is 9.24. The SMILES string of the molecule is O=S(=O)(c1cc(Br)ccc1Br)N(CCCl)CCCl. The van der Waals surface area contributed by atoms with E-state index in [-0.39, 0.29) is 29.7 Å². The fourth-order valence-electron chi connectivity index (χ4n) is 1.35. The average Bonchev–Trinajstić information content (AvgIpc) is 2.32. The predicted octanol–water partition coefficient (Wildman–Crippen LogP) is 3.68. The van der Waals surface area contributed by atoms with E-state index in [1.807, 2.05) is 0 Å². The number of halogens is 4. The molecular formula is C10H11Br2Cl2NO2S. The summed E-state index contributed by atoms with van der Waals surface area (Å²) in [4.78, 5) is 0.201. The summed E-state index contributed by atoms with van der Waals surface area (Å²) in [6.07, 6.45) is 0. The fourth-order valence-corrected chi connectivity index (χ4v) is 4.87. The lowest BCUT2D eigenvalue weighted by Gasteiger charge is -2.21. The first-order valence-corrected chi connectivity index (χ1v) is 9.10. The number of hydrogen-bond acceptors (Lipinski definition) is 2. The standard InChI is InChI=1S/C10H11Br2Cl2NO2S/c11-8-1-2-9(12)10(7-8)18(16,17)15(5-3-13)6-4-14/h1-2,7H,3-6H2. The summed E-state index contributed by atoms with van der Waals surface area (Å²) in [5.74, 6) is 0.448. The van der Waals surface area contributed by atoms with Crippen molar-refractivity contribution in [3.05, 3.63) is 27.1 Å². The Kier molecular flexibility index (Phi) is 6.92. The van der Waals surface area contributed by atoms with Crippen molar-refractivity contribution in [2.75, 3.05) is 24.8 Å². The summed E-state index contributed by atoms with van der Waals surface area (Å²) in [6.45, 7) is 0.463. The molecule has 0 saturated heterocycles. The van der Waals surface area contributed by atoms with Crippen LogP contribution in [0.2, 0.25) is 0 Å². The highest BCUT2D eigenvalue weighted by molar-refractivity contribution is 9.11. The van der Waals surface area contributed by atoms with Gasteiger partial charge in [-0.25, -0.2) is 8.42 Å². The molecule has 0 unspecified atom stereocenters. The maximum atomic E-state index is 12.4. The van der Waals surface area contributed by atoms with E-state index < -0.39 is 10.0 Å². The monoisotopic (exact) mass is 437 g/mol. The Morgan fingerprint density at radius 2 is 1.67 bits per heavy atom. The lowest BCUT2D eigenvalue weighted by molar-refractivity contribution is 0.448. The first-order chi connectivity index (χ1) is 8.43. The molecule has 0 N–H and O–H groups in total. The number of nitrogens with zero attached hydrogens (tertiary/aromatic N) is 1. The van der Waals surface area contributed by atoms with Crippen LogP contribution in [-0.4, -0.2) is 37.6 Å². The predicted molar refractivity (Wildman–Crippen MR) is 82.0 cm³/mol. The second-order valence-corrected chi connectivity index (χ2v) is 7.79. The summed E-state index contributed by atoms with van der Waals surface area (Å²) in [7, 11) is -3.59. The third-order valence-electron chi connectivity index (χ3n) is 2.18. The van der Waals surface area contributed by atoms with Crippen molar-refractivity contribution in [3.63, 3.8) is 0 Å². The van der Waals surface area contributed by atoms with Crippen LogP contribution in [0.25, 0.3) is 0 Å². The van der Waals surface area contributed by atoms with Crippen LogP contribution in [0.4, 0.5) is 0 Å². The third-order valence-corrected chi connectivity index (χ3v) is 5.90. The Bertz CT molecular complexity index is 505. The van der Waals surface area contributed by atoms with Gasteiger partial charge in [0.25, 0.3) is 0 Å². The molecule has 1 aromatic rings. The summed E-state index contributed by atoms with van der Waals surface area (Å²) < 4.78 is 27.4. The molecule has 0 heterocycles. The minimum Gasteiger partial charge on any atom is -0.207 e. The highest BCUT2D eigenvalue weighted by atomic mass is 79.9. The van der Waals surface area contributed by atoms with Crippen LogP contribution in [0.5, 0.6) is 0 Å². The molecule has 0 aliphatic heterocycles. The van der Waals surface area contributed by atoms with Crippen molar-refractivity contribution in [1.82, 2.24) is 4.31 Å². The topological polar surface area (TPSA) is 37.4 Å². The van der Waals surface area contributed by atoms with Crippen LogP contribution in [0.1, 0.15) is 0 Å². The van der Waals surface area contributed by atoms with Gasteiger partial charge in [-0.3, -0.25) is 0 Å². The van der Waals surface area contributed by atoms with Gasteiger partial charge in [0.05, 0.1) is 4.90 Å². The number of benzene rings is 1. The Morgan fingerprint density at radius 1 is 1.11 bits per heavy atom. The number of sulfonamides is 1. The summed E-state index contributed by atoms with van der Waals surface area (Å²) >= 11 is 17.8. The normalized spacial score (nSPS) is 12.1. The summed E-state index contributed by atoms with van der Waals surface area (Å²) in [5, 5.41) is 0. The smallest absolute Gasteiger partial charge is 0.207 e. The van der Waals surface area contributed by atoms with E-state index in [4.69, 9.17) is 23.2 Å². The van der Waals surface area contributed by atoms with Gasteiger partial charge in [0.2, 0.25) is 10.0 Å². The van der Waals surface area contributed by atoms with Gasteiger partial charge in [-0.15, -0.1) is 23.2 Å². The van der Waals surface area contributed by atoms with Crippen LogP contribution in [-0.2, 0) is 10.0 Å². The van der Waals surface area contributed by atoms with E-state index >= 15 is 0 Å². The van der Waals surface area contributed by atoms with E-state index in [1.165, 1.54) is 4.31 Å². The Hall–Kier alpha value is 0.670. The quantitative estimate of drug-likeness (QED) is 0.634. The van der Waals surface area contributed by atoms with Gasteiger partial charge < -0.3 is 0 Å². The number of alkyl halides is 2. The minimum atomic E-state index is -3.59. The number of rotatable bonds is 6. The van der Waals surface area contributed by atoms with E-state index in [1.54, 1.807) is 18.2 Å². The molecule has 3 nitrogen and oxygen atoms in total. The van der Waals surface area contributed by atoms with E-state index in [0.717, 1.165) is 0 Å². The van der Waals surface area contributed by atoms with E-state index in [9.17, 15) is 8.42 Å². The summed E-state index contributed by atoms with van der Waals surface area (Å²) in [6, 6.07) is 4.99. The zero-order chi connectivity index (χ0) is 13.8. The highest BCUT2D eigenvalue weighted by Gasteiger charge is 2.25. The Balaban J connectivity index is 3.21. The fraction of sp³-hybridized carbons (Fsp3) is 0.400. The van der Waals surface area contributed by atoms with Gasteiger partial charge in [0.15, 0.2) is 0 Å². The molecule has 8 heteroatoms. The molecule has 0 fully saturated rings. The molecule has 0 atom stereocenters. The van der Waals surface area contributed by atoms with Gasteiger partial charge in [-0.2, -0.15) is 4.31 Å². The Labute approximate surface area is 134 Å². The molecular weight excluding hydrogens is 429 g/mol. The highest BCUT2D eigenvalue weighted by Crippen LogP contribution is 2.28. The Morgan fingerprint density at radius 3 is 2.17 bits per heavy atom. The van der Waals surface area contributed by atoms with Crippen molar-refractivity contribution in [2.45, 2.75) is 4.90 Å². The molecule has 0 spiro atoms. The van der Waals surface area contributed by atoms with Crippen molar-refractivity contribution < 1.29 is 8.42 Å². The van der Waals surface area contributed by atoms with Gasteiger partial charge >= 0.3 is 0 Å². The van der Waals surface area contributed by atoms with Crippen molar-refractivity contribution in [1.29, 1.82) is 0 Å². The van der Waals surface area contributed by atoms with Gasteiger partial charge in [0, 0.05) is 33.8 Å². The second kappa shape index (κ2) is 7.45. The zero-order valence-corrected chi connectivity index (χ0v) is 14.7. The lowest BCUT2D eigenvalue weighted by Crippen LogP contribution is -2.34. The molecule has 0 aliphatic carbocycles. The van der Waals surface area contributed by atoms with Gasteiger partial charge in [-0.05, 0) is 34.1 Å². The molecule has 18 heavy (non-hydrogen) atoms. The van der Waals surface area contributed by atoms with Crippen LogP contribution >= 0.6 is 55.1 Å². The molecule has 1 aromatic carbocycles. The molecule has 0 bridgehead atoms. The molecule has 0 amide bonds. The maximum Gasteiger partial charge on any atom is 0.244 e. The minimum absolute atomic E-state index is 0.201. The first kappa shape index (κ1) is 16.7. The average molecular weight is 440 g/mol. The van der Waals surface area contributed by atoms with Crippen molar-refractivity contribution in [3.8, 4) is 0 Å². The van der Waals surface area contributed by atoms with E-state index in [0.29, 0.717) is 8.95 Å². The van der Waals surface area contributed by atoms with Gasteiger partial charge in [-0.1, -0.05) is 15.9 Å². The van der Waals surface area contributed by atoms with Crippen LogP contribution in [0, 0.1) is 0 Å². The largest absolute Gasteiger partial charge is 0.244 e. The van der Waals surface area contributed by atoms with Crippen molar-refractivity contribution >= 4 is 65.1 Å². The summed E-state index contributed by atoms with van der Waals surface area (Å²) in [5.41, 5.74) is 0. The maximum absolute atomic E-state index is 12.4. The van der Waals surface area contributed by atoms with Crippen LogP contribution < -0.4 is 0 Å². The molecule has 102 valence electrons. The molecule has 0 radical (unpaired) electrons. The van der Waals surface area contributed by atoms with Gasteiger partial charge in [0.1, 0.15) is 0 Å². The number of hydrogen-bond donors (Lipinski definition) is 0. The second-order valence-electron chi connectivity index (χ2n) is 3.36. The molecule has 0 aliphatic rings. The van der Waals surface area contributed by atoms with Crippen molar-refractivity contribution in [2.24, 2.45) is 0 Å².